The maximum Gasteiger partial charge on any atom is 0.0589 e. The molecule has 0 radical (unpaired) electrons. The van der Waals surface area contributed by atoms with Crippen LogP contribution in [0.5, 0.6) is 0 Å². The van der Waals surface area contributed by atoms with Crippen molar-refractivity contribution in [2.24, 2.45) is 0 Å². The Balaban J connectivity index is 2.62. The third kappa shape index (κ3) is 6.19. The Morgan fingerprint density at radius 3 is 2.53 bits per heavy atom. The summed E-state index contributed by atoms with van der Waals surface area (Å²) in [6.45, 7) is 9.34. The van der Waals surface area contributed by atoms with Gasteiger partial charge in [-0.15, -0.1) is 0 Å². The van der Waals surface area contributed by atoms with Crippen LogP contribution < -0.4 is 5.32 Å². The number of rotatable bonds is 10. The highest BCUT2D eigenvalue weighted by Crippen LogP contribution is 2.14. The van der Waals surface area contributed by atoms with Crippen molar-refractivity contribution in [2.75, 3.05) is 39.9 Å². The van der Waals surface area contributed by atoms with E-state index in [0.717, 1.165) is 39.2 Å². The summed E-state index contributed by atoms with van der Waals surface area (Å²) < 4.78 is 5.18. The number of ether oxygens (including phenoxy) is 1. The molecular formula is C16H28N2O. The molecule has 1 rings (SSSR count). The Bertz CT molecular complexity index is 316. The van der Waals surface area contributed by atoms with Crippen LogP contribution >= 0.6 is 0 Å². The minimum atomic E-state index is 0.401. The van der Waals surface area contributed by atoms with Gasteiger partial charge >= 0.3 is 0 Å². The Morgan fingerprint density at radius 2 is 1.95 bits per heavy atom. The topological polar surface area (TPSA) is 24.5 Å². The summed E-state index contributed by atoms with van der Waals surface area (Å²) in [6, 6.07) is 11.1. The van der Waals surface area contributed by atoms with Gasteiger partial charge in [0.25, 0.3) is 0 Å². The van der Waals surface area contributed by atoms with Crippen LogP contribution in [0.3, 0.4) is 0 Å². The highest BCUT2D eigenvalue weighted by atomic mass is 16.5. The number of benzene rings is 1. The predicted molar refractivity (Wildman–Crippen MR) is 81.5 cm³/mol. The summed E-state index contributed by atoms with van der Waals surface area (Å²) in [5.41, 5.74) is 1.37. The molecule has 0 aliphatic heterocycles. The fourth-order valence-corrected chi connectivity index (χ4v) is 2.15. The molecule has 108 valence electrons. The number of nitrogens with one attached hydrogen (secondary N) is 1. The van der Waals surface area contributed by atoms with E-state index in [9.17, 15) is 0 Å². The van der Waals surface area contributed by atoms with Gasteiger partial charge in [0, 0.05) is 26.2 Å². The molecular weight excluding hydrogens is 236 g/mol. The second-order valence-corrected chi connectivity index (χ2v) is 4.80. The van der Waals surface area contributed by atoms with Gasteiger partial charge in [-0.05, 0) is 25.1 Å². The molecule has 1 atom stereocenters. The minimum absolute atomic E-state index is 0.401. The molecule has 0 fully saturated rings. The number of hydrogen-bond donors (Lipinski definition) is 1. The summed E-state index contributed by atoms with van der Waals surface area (Å²) in [7, 11) is 1.76. The Hall–Kier alpha value is -0.900. The molecule has 19 heavy (non-hydrogen) atoms. The lowest BCUT2D eigenvalue weighted by Gasteiger charge is -2.27. The molecule has 1 unspecified atom stereocenters. The van der Waals surface area contributed by atoms with Crippen LogP contribution in [0, 0.1) is 0 Å². The molecule has 1 N–H and O–H groups in total. The van der Waals surface area contributed by atoms with Crippen LogP contribution in [0.4, 0.5) is 0 Å². The van der Waals surface area contributed by atoms with E-state index in [1.807, 2.05) is 0 Å². The van der Waals surface area contributed by atoms with E-state index in [1.54, 1.807) is 7.11 Å². The van der Waals surface area contributed by atoms with Crippen LogP contribution in [-0.2, 0) is 4.74 Å². The second kappa shape index (κ2) is 9.96. The van der Waals surface area contributed by atoms with E-state index in [-0.39, 0.29) is 0 Å². The zero-order valence-corrected chi connectivity index (χ0v) is 12.6. The number of likely N-dealkylation sites (N-methyl/N-ethyl adjacent to an activating group) is 1. The monoisotopic (exact) mass is 264 g/mol. The summed E-state index contributed by atoms with van der Waals surface area (Å²) in [5, 5.41) is 3.64. The zero-order valence-electron chi connectivity index (χ0n) is 12.6. The smallest absolute Gasteiger partial charge is 0.0589 e. The highest BCUT2D eigenvalue weighted by molar-refractivity contribution is 5.19. The van der Waals surface area contributed by atoms with Crippen molar-refractivity contribution in [3.05, 3.63) is 35.9 Å². The van der Waals surface area contributed by atoms with Gasteiger partial charge < -0.3 is 10.1 Å². The Morgan fingerprint density at radius 1 is 1.21 bits per heavy atom. The average molecular weight is 264 g/mol. The maximum absolute atomic E-state index is 5.18. The van der Waals surface area contributed by atoms with Crippen molar-refractivity contribution in [2.45, 2.75) is 26.3 Å². The first-order valence-electron chi connectivity index (χ1n) is 7.31. The van der Waals surface area contributed by atoms with Gasteiger partial charge in [-0.3, -0.25) is 4.90 Å². The van der Waals surface area contributed by atoms with Crippen molar-refractivity contribution in [3.63, 3.8) is 0 Å². The molecule has 0 aromatic heterocycles. The summed E-state index contributed by atoms with van der Waals surface area (Å²) in [6.07, 6.45) is 1.16. The fourth-order valence-electron chi connectivity index (χ4n) is 2.15. The average Bonchev–Trinajstić information content (AvgIpc) is 2.47. The molecule has 0 aliphatic carbocycles. The summed E-state index contributed by atoms with van der Waals surface area (Å²) >= 11 is 0. The molecule has 0 saturated heterocycles. The summed E-state index contributed by atoms with van der Waals surface area (Å²) in [5.74, 6) is 0. The predicted octanol–water partition coefficient (Wildman–Crippen LogP) is 2.70. The lowest BCUT2D eigenvalue weighted by molar-refractivity contribution is 0.144. The molecule has 0 amide bonds. The van der Waals surface area contributed by atoms with Gasteiger partial charge in [-0.1, -0.05) is 44.2 Å². The van der Waals surface area contributed by atoms with Crippen LogP contribution in [0.1, 0.15) is 31.9 Å². The number of hydrogen-bond acceptors (Lipinski definition) is 3. The maximum atomic E-state index is 5.18. The van der Waals surface area contributed by atoms with Crippen LogP contribution in [0.15, 0.2) is 30.3 Å². The van der Waals surface area contributed by atoms with E-state index in [4.69, 9.17) is 4.74 Å². The molecule has 0 bridgehead atoms. The van der Waals surface area contributed by atoms with E-state index in [1.165, 1.54) is 5.56 Å². The molecule has 1 aromatic rings. The molecule has 0 aliphatic rings. The van der Waals surface area contributed by atoms with E-state index in [2.05, 4.69) is 54.4 Å². The normalized spacial score (nSPS) is 12.8. The van der Waals surface area contributed by atoms with Gasteiger partial charge in [0.2, 0.25) is 0 Å². The van der Waals surface area contributed by atoms with E-state index in [0.29, 0.717) is 6.04 Å². The highest BCUT2D eigenvalue weighted by Gasteiger charge is 2.14. The third-order valence-corrected chi connectivity index (χ3v) is 3.34. The molecule has 1 aromatic carbocycles. The molecule has 0 saturated carbocycles. The van der Waals surface area contributed by atoms with Gasteiger partial charge in [0.1, 0.15) is 0 Å². The molecule has 3 heteroatoms. The van der Waals surface area contributed by atoms with Gasteiger partial charge in [0.05, 0.1) is 6.61 Å². The van der Waals surface area contributed by atoms with E-state index < -0.39 is 0 Å². The largest absolute Gasteiger partial charge is 0.383 e. The first-order valence-corrected chi connectivity index (χ1v) is 7.31. The lowest BCUT2D eigenvalue weighted by Crippen LogP contribution is -2.37. The zero-order chi connectivity index (χ0) is 13.9. The first kappa shape index (κ1) is 16.2. The first-order chi connectivity index (χ1) is 9.31. The quantitative estimate of drug-likeness (QED) is 0.703. The van der Waals surface area contributed by atoms with Gasteiger partial charge in [0.15, 0.2) is 0 Å². The fraction of sp³-hybridized carbons (Fsp3) is 0.625. The molecule has 3 nitrogen and oxygen atoms in total. The Kier molecular flexibility index (Phi) is 8.47. The second-order valence-electron chi connectivity index (χ2n) is 4.80. The van der Waals surface area contributed by atoms with E-state index >= 15 is 0 Å². The summed E-state index contributed by atoms with van der Waals surface area (Å²) in [4.78, 5) is 2.43. The molecule has 0 heterocycles. The SMILES string of the molecule is CCCNC(CN(CC)CCOC)c1ccccc1. The van der Waals surface area contributed by atoms with Crippen LogP contribution in [0.2, 0.25) is 0 Å². The minimum Gasteiger partial charge on any atom is -0.383 e. The standard InChI is InChI=1S/C16H28N2O/c1-4-11-17-16(15-9-7-6-8-10-15)14-18(5-2)12-13-19-3/h6-10,16-17H,4-5,11-14H2,1-3H3. The number of nitrogens with zero attached hydrogens (tertiary/aromatic N) is 1. The third-order valence-electron chi connectivity index (χ3n) is 3.34. The van der Waals surface area contributed by atoms with Crippen LogP contribution in [0.25, 0.3) is 0 Å². The van der Waals surface area contributed by atoms with Crippen molar-refractivity contribution < 1.29 is 4.74 Å². The van der Waals surface area contributed by atoms with Gasteiger partial charge in [-0.2, -0.15) is 0 Å². The van der Waals surface area contributed by atoms with Crippen molar-refractivity contribution in [1.29, 1.82) is 0 Å². The van der Waals surface area contributed by atoms with Crippen LogP contribution in [-0.4, -0.2) is 44.8 Å². The van der Waals surface area contributed by atoms with Crippen molar-refractivity contribution in [3.8, 4) is 0 Å². The molecule has 0 spiro atoms. The lowest BCUT2D eigenvalue weighted by atomic mass is 10.1. The van der Waals surface area contributed by atoms with Crippen molar-refractivity contribution in [1.82, 2.24) is 10.2 Å². The number of methoxy groups -OCH3 is 1. The Labute approximate surface area is 118 Å². The van der Waals surface area contributed by atoms with Gasteiger partial charge in [-0.25, -0.2) is 0 Å². The van der Waals surface area contributed by atoms with Crippen molar-refractivity contribution >= 4 is 0 Å².